The van der Waals surface area contributed by atoms with E-state index in [0.717, 1.165) is 0 Å². The summed E-state index contributed by atoms with van der Waals surface area (Å²) in [6, 6.07) is 2.68. The lowest BCUT2D eigenvalue weighted by atomic mass is 9.87. The average molecular weight is 314 g/mol. The summed E-state index contributed by atoms with van der Waals surface area (Å²) in [5.41, 5.74) is 0.562. The lowest BCUT2D eigenvalue weighted by Gasteiger charge is -2.30. The number of aryl methyl sites for hydroxylation is 1. The van der Waals surface area contributed by atoms with Crippen LogP contribution < -0.4 is 0 Å². The Morgan fingerprint density at radius 1 is 1.48 bits per heavy atom. The molecular formula is C16H21ClFNO2. The first kappa shape index (κ1) is 16.2. The van der Waals surface area contributed by atoms with Gasteiger partial charge in [-0.3, -0.25) is 4.79 Å². The molecule has 0 aliphatic carbocycles. The fourth-order valence-corrected chi connectivity index (χ4v) is 3.10. The van der Waals surface area contributed by atoms with Crippen LogP contribution in [0.15, 0.2) is 12.1 Å². The van der Waals surface area contributed by atoms with Crippen molar-refractivity contribution in [2.45, 2.75) is 39.7 Å². The number of nitrogens with zero attached hydrogens (tertiary/aromatic N) is 1. The van der Waals surface area contributed by atoms with E-state index in [2.05, 4.69) is 0 Å². The van der Waals surface area contributed by atoms with Crippen molar-refractivity contribution in [3.8, 4) is 0 Å². The van der Waals surface area contributed by atoms with Crippen molar-refractivity contribution in [1.29, 1.82) is 0 Å². The Hall–Kier alpha value is -1.13. The van der Waals surface area contributed by atoms with Gasteiger partial charge in [-0.2, -0.15) is 0 Å². The molecule has 1 fully saturated rings. The molecule has 1 atom stereocenters. The molecular weight excluding hydrogens is 293 g/mol. The number of hydrogen-bond acceptors (Lipinski definition) is 2. The standard InChI is InChI=1S/C16H21ClFNO2/c1-10-6-12(13(17)7-14(10)18)15(21)19-5-4-11(20)8-16(2,3)9-19/h6-7,11,20H,4-5,8-9H2,1-3H3. The van der Waals surface area contributed by atoms with Crippen LogP contribution in [-0.2, 0) is 0 Å². The molecule has 1 aliphatic heterocycles. The fourth-order valence-electron chi connectivity index (χ4n) is 2.87. The van der Waals surface area contributed by atoms with Gasteiger partial charge in [-0.05, 0) is 42.9 Å². The van der Waals surface area contributed by atoms with E-state index >= 15 is 0 Å². The summed E-state index contributed by atoms with van der Waals surface area (Å²) in [6.45, 7) is 6.70. The second-order valence-corrected chi connectivity index (χ2v) is 7.03. The first-order valence-electron chi connectivity index (χ1n) is 7.12. The van der Waals surface area contributed by atoms with Crippen LogP contribution in [0.3, 0.4) is 0 Å². The summed E-state index contributed by atoms with van der Waals surface area (Å²) >= 11 is 6.02. The van der Waals surface area contributed by atoms with Crippen LogP contribution >= 0.6 is 11.6 Å². The Labute approximate surface area is 129 Å². The smallest absolute Gasteiger partial charge is 0.255 e. The van der Waals surface area contributed by atoms with E-state index in [1.807, 2.05) is 13.8 Å². The van der Waals surface area contributed by atoms with Crippen molar-refractivity contribution in [3.63, 3.8) is 0 Å². The van der Waals surface area contributed by atoms with Gasteiger partial charge in [-0.15, -0.1) is 0 Å². The molecule has 0 radical (unpaired) electrons. The van der Waals surface area contributed by atoms with Crippen molar-refractivity contribution in [2.24, 2.45) is 5.41 Å². The van der Waals surface area contributed by atoms with Gasteiger partial charge in [0.1, 0.15) is 5.82 Å². The van der Waals surface area contributed by atoms with Gasteiger partial charge < -0.3 is 10.0 Å². The third-order valence-corrected chi connectivity index (χ3v) is 4.22. The molecule has 1 unspecified atom stereocenters. The lowest BCUT2D eigenvalue weighted by Crippen LogP contribution is -2.37. The van der Waals surface area contributed by atoms with Crippen LogP contribution in [0.5, 0.6) is 0 Å². The minimum absolute atomic E-state index is 0.130. The summed E-state index contributed by atoms with van der Waals surface area (Å²) in [4.78, 5) is 14.4. The van der Waals surface area contributed by atoms with Crippen molar-refractivity contribution in [1.82, 2.24) is 4.90 Å². The molecule has 0 saturated carbocycles. The number of aliphatic hydroxyl groups is 1. The zero-order chi connectivity index (χ0) is 15.8. The molecule has 0 spiro atoms. The topological polar surface area (TPSA) is 40.5 Å². The van der Waals surface area contributed by atoms with Crippen LogP contribution in [0.25, 0.3) is 0 Å². The Balaban J connectivity index is 2.29. The lowest BCUT2D eigenvalue weighted by molar-refractivity contribution is 0.0705. The highest BCUT2D eigenvalue weighted by Gasteiger charge is 2.32. The van der Waals surface area contributed by atoms with E-state index in [9.17, 15) is 14.3 Å². The van der Waals surface area contributed by atoms with Gasteiger partial charge in [0.15, 0.2) is 0 Å². The molecule has 1 saturated heterocycles. The molecule has 21 heavy (non-hydrogen) atoms. The first-order valence-corrected chi connectivity index (χ1v) is 7.50. The Kier molecular flexibility index (Phi) is 4.59. The highest BCUT2D eigenvalue weighted by molar-refractivity contribution is 6.33. The van der Waals surface area contributed by atoms with Gasteiger partial charge in [-0.25, -0.2) is 4.39 Å². The molecule has 2 rings (SSSR count). The molecule has 1 aliphatic rings. The number of amides is 1. The van der Waals surface area contributed by atoms with Crippen LogP contribution in [0.1, 0.15) is 42.6 Å². The zero-order valence-electron chi connectivity index (χ0n) is 12.6. The summed E-state index contributed by atoms with van der Waals surface area (Å²) in [5, 5.41) is 10.0. The maximum atomic E-state index is 13.5. The third-order valence-electron chi connectivity index (χ3n) is 3.91. The fraction of sp³-hybridized carbons (Fsp3) is 0.562. The quantitative estimate of drug-likeness (QED) is 0.863. The predicted molar refractivity (Wildman–Crippen MR) is 81.1 cm³/mol. The van der Waals surface area contributed by atoms with Crippen molar-refractivity contribution >= 4 is 17.5 Å². The molecule has 0 aromatic heterocycles. The molecule has 1 aromatic carbocycles. The molecule has 3 nitrogen and oxygen atoms in total. The van der Waals surface area contributed by atoms with E-state index in [1.165, 1.54) is 12.1 Å². The zero-order valence-corrected chi connectivity index (χ0v) is 13.4. The van der Waals surface area contributed by atoms with Crippen LogP contribution in [-0.4, -0.2) is 35.1 Å². The van der Waals surface area contributed by atoms with E-state index < -0.39 is 11.9 Å². The Bertz CT molecular complexity index is 559. The summed E-state index contributed by atoms with van der Waals surface area (Å²) < 4.78 is 13.5. The van der Waals surface area contributed by atoms with E-state index in [-0.39, 0.29) is 16.3 Å². The van der Waals surface area contributed by atoms with Gasteiger partial charge >= 0.3 is 0 Å². The van der Waals surface area contributed by atoms with Gasteiger partial charge in [0.05, 0.1) is 16.7 Å². The van der Waals surface area contributed by atoms with Crippen LogP contribution in [0.2, 0.25) is 5.02 Å². The van der Waals surface area contributed by atoms with Gasteiger partial charge in [-0.1, -0.05) is 25.4 Å². The maximum absolute atomic E-state index is 13.5. The van der Waals surface area contributed by atoms with Crippen molar-refractivity contribution < 1.29 is 14.3 Å². The van der Waals surface area contributed by atoms with Crippen molar-refractivity contribution in [3.05, 3.63) is 34.1 Å². The predicted octanol–water partition coefficient (Wildman–Crippen LogP) is 3.41. The monoisotopic (exact) mass is 313 g/mol. The minimum Gasteiger partial charge on any atom is -0.393 e. The number of halogens is 2. The highest BCUT2D eigenvalue weighted by atomic mass is 35.5. The number of benzene rings is 1. The maximum Gasteiger partial charge on any atom is 0.255 e. The largest absolute Gasteiger partial charge is 0.393 e. The molecule has 1 heterocycles. The minimum atomic E-state index is -0.414. The number of likely N-dealkylation sites (tertiary alicyclic amines) is 1. The van der Waals surface area contributed by atoms with Crippen molar-refractivity contribution in [2.75, 3.05) is 13.1 Å². The SMILES string of the molecule is Cc1cc(C(=O)N2CCC(O)CC(C)(C)C2)c(Cl)cc1F. The second-order valence-electron chi connectivity index (χ2n) is 6.62. The van der Waals surface area contributed by atoms with E-state index in [0.29, 0.717) is 37.1 Å². The van der Waals surface area contributed by atoms with Gasteiger partial charge in [0.25, 0.3) is 5.91 Å². The molecule has 1 N–H and O–H groups in total. The molecule has 1 aromatic rings. The Morgan fingerprint density at radius 3 is 2.81 bits per heavy atom. The van der Waals surface area contributed by atoms with Gasteiger partial charge in [0, 0.05) is 13.1 Å². The summed E-state index contributed by atoms with van der Waals surface area (Å²) in [6.07, 6.45) is 0.808. The molecule has 1 amide bonds. The molecule has 116 valence electrons. The molecule has 0 bridgehead atoms. The normalized spacial score (nSPS) is 22.0. The van der Waals surface area contributed by atoms with Crippen LogP contribution in [0.4, 0.5) is 4.39 Å². The first-order chi connectivity index (χ1) is 9.69. The van der Waals surface area contributed by atoms with E-state index in [1.54, 1.807) is 11.8 Å². The summed E-state index contributed by atoms with van der Waals surface area (Å²) in [5.74, 6) is -0.617. The summed E-state index contributed by atoms with van der Waals surface area (Å²) in [7, 11) is 0. The molecule has 5 heteroatoms. The third kappa shape index (κ3) is 3.74. The number of aliphatic hydroxyl groups excluding tert-OH is 1. The second kappa shape index (κ2) is 5.93. The number of carbonyl (C=O) groups excluding carboxylic acids is 1. The number of carbonyl (C=O) groups is 1. The van der Waals surface area contributed by atoms with Crippen LogP contribution in [0, 0.1) is 18.2 Å². The highest BCUT2D eigenvalue weighted by Crippen LogP contribution is 2.30. The number of hydrogen-bond donors (Lipinski definition) is 1. The van der Waals surface area contributed by atoms with E-state index in [4.69, 9.17) is 11.6 Å². The number of rotatable bonds is 1. The average Bonchev–Trinajstić information content (AvgIpc) is 2.50. The van der Waals surface area contributed by atoms with Gasteiger partial charge in [0.2, 0.25) is 0 Å². The Morgan fingerprint density at radius 2 is 2.14 bits per heavy atom.